The predicted octanol–water partition coefficient (Wildman–Crippen LogP) is 3.90. The van der Waals surface area contributed by atoms with Gasteiger partial charge < -0.3 is 15.2 Å². The number of nitrogens with zero attached hydrogens (tertiary/aromatic N) is 2. The van der Waals surface area contributed by atoms with E-state index in [1.807, 2.05) is 0 Å². The van der Waals surface area contributed by atoms with Gasteiger partial charge in [-0.2, -0.15) is 13.2 Å². The summed E-state index contributed by atoms with van der Waals surface area (Å²) >= 11 is 0. The molecule has 0 aliphatic heterocycles. The van der Waals surface area contributed by atoms with Gasteiger partial charge in [-0.3, -0.25) is 14.6 Å². The fraction of sp³-hybridized carbons (Fsp3) is 0.111. The molecule has 0 atom stereocenters. The molecule has 3 rings (SSSR count). The summed E-state index contributed by atoms with van der Waals surface area (Å²) in [5, 5.41) is 8.57. The second-order valence-corrected chi connectivity index (χ2v) is 5.74. The number of aryl methyl sites for hydroxylation is 1. The molecular formula is C18H13F3N4O3. The van der Waals surface area contributed by atoms with Crippen LogP contribution >= 0.6 is 0 Å². The lowest BCUT2D eigenvalue weighted by Gasteiger charge is -2.09. The molecule has 7 nitrogen and oxygen atoms in total. The lowest BCUT2D eigenvalue weighted by Crippen LogP contribution is -2.17. The molecule has 0 aliphatic rings. The summed E-state index contributed by atoms with van der Waals surface area (Å²) in [4.78, 5) is 28.4. The third-order valence-electron chi connectivity index (χ3n) is 3.59. The molecule has 0 aliphatic carbocycles. The van der Waals surface area contributed by atoms with E-state index < -0.39 is 23.6 Å². The average Bonchev–Trinajstić information content (AvgIpc) is 3.06. The average molecular weight is 390 g/mol. The van der Waals surface area contributed by atoms with E-state index in [2.05, 4.69) is 20.8 Å². The second kappa shape index (κ2) is 7.51. The summed E-state index contributed by atoms with van der Waals surface area (Å²) in [5.41, 5.74) is -0.602. The lowest BCUT2D eigenvalue weighted by atomic mass is 10.2. The van der Waals surface area contributed by atoms with Gasteiger partial charge in [-0.25, -0.2) is 0 Å². The van der Waals surface area contributed by atoms with E-state index in [4.69, 9.17) is 4.52 Å². The molecule has 0 unspecified atom stereocenters. The fourth-order valence-corrected chi connectivity index (χ4v) is 2.25. The molecular weight excluding hydrogens is 377 g/mol. The SMILES string of the molecule is Cc1cc(NC(=O)c2ccnc(C(=O)Nc3ccc(C(F)(F)F)cc3)c2)no1. The Labute approximate surface area is 156 Å². The predicted molar refractivity (Wildman–Crippen MR) is 92.8 cm³/mol. The number of rotatable bonds is 4. The van der Waals surface area contributed by atoms with Crippen LogP contribution in [-0.4, -0.2) is 22.0 Å². The van der Waals surface area contributed by atoms with Crippen molar-refractivity contribution in [3.05, 3.63) is 71.2 Å². The number of carbonyl (C=O) groups excluding carboxylic acids is 2. The normalized spacial score (nSPS) is 11.1. The third kappa shape index (κ3) is 4.53. The van der Waals surface area contributed by atoms with Crippen molar-refractivity contribution in [2.45, 2.75) is 13.1 Å². The Morgan fingerprint density at radius 1 is 1.00 bits per heavy atom. The Morgan fingerprint density at radius 3 is 2.32 bits per heavy atom. The highest BCUT2D eigenvalue weighted by atomic mass is 19.4. The first-order chi connectivity index (χ1) is 13.2. The van der Waals surface area contributed by atoms with Gasteiger partial charge in [0, 0.05) is 23.5 Å². The molecule has 2 N–H and O–H groups in total. The Hall–Kier alpha value is -3.69. The van der Waals surface area contributed by atoms with Crippen molar-refractivity contribution in [1.29, 1.82) is 0 Å². The maximum Gasteiger partial charge on any atom is 0.416 e. The molecule has 10 heteroatoms. The van der Waals surface area contributed by atoms with Crippen LogP contribution in [0.3, 0.4) is 0 Å². The Bertz CT molecular complexity index is 1010. The smallest absolute Gasteiger partial charge is 0.360 e. The van der Waals surface area contributed by atoms with Gasteiger partial charge >= 0.3 is 6.18 Å². The molecule has 0 saturated carbocycles. The number of pyridine rings is 1. The zero-order valence-corrected chi connectivity index (χ0v) is 14.4. The van der Waals surface area contributed by atoms with Crippen molar-refractivity contribution in [3.63, 3.8) is 0 Å². The number of alkyl halides is 3. The molecule has 3 aromatic rings. The summed E-state index contributed by atoms with van der Waals surface area (Å²) in [6, 6.07) is 8.14. The summed E-state index contributed by atoms with van der Waals surface area (Å²) < 4.78 is 42.6. The number of anilines is 2. The molecule has 0 spiro atoms. The lowest BCUT2D eigenvalue weighted by molar-refractivity contribution is -0.137. The number of carbonyl (C=O) groups is 2. The molecule has 28 heavy (non-hydrogen) atoms. The maximum atomic E-state index is 12.6. The fourth-order valence-electron chi connectivity index (χ4n) is 2.25. The topological polar surface area (TPSA) is 97.1 Å². The van der Waals surface area contributed by atoms with Gasteiger partial charge in [-0.15, -0.1) is 0 Å². The van der Waals surface area contributed by atoms with Crippen molar-refractivity contribution in [3.8, 4) is 0 Å². The van der Waals surface area contributed by atoms with E-state index >= 15 is 0 Å². The number of aromatic nitrogens is 2. The van der Waals surface area contributed by atoms with E-state index in [1.54, 1.807) is 6.92 Å². The van der Waals surface area contributed by atoms with Gasteiger partial charge in [0.25, 0.3) is 11.8 Å². The molecule has 0 bridgehead atoms. The van der Waals surface area contributed by atoms with Crippen LogP contribution in [0.25, 0.3) is 0 Å². The van der Waals surface area contributed by atoms with Crippen molar-refractivity contribution < 1.29 is 27.3 Å². The van der Waals surface area contributed by atoms with Gasteiger partial charge in [0.1, 0.15) is 11.5 Å². The number of benzene rings is 1. The van der Waals surface area contributed by atoms with Crippen molar-refractivity contribution in [2.75, 3.05) is 10.6 Å². The Balaban J connectivity index is 1.70. The first kappa shape index (κ1) is 19.1. The zero-order valence-electron chi connectivity index (χ0n) is 14.4. The van der Waals surface area contributed by atoms with E-state index in [0.29, 0.717) is 5.76 Å². The van der Waals surface area contributed by atoms with Crippen molar-refractivity contribution in [2.24, 2.45) is 0 Å². The van der Waals surface area contributed by atoms with Crippen LogP contribution in [0.4, 0.5) is 24.7 Å². The summed E-state index contributed by atoms with van der Waals surface area (Å²) in [7, 11) is 0. The summed E-state index contributed by atoms with van der Waals surface area (Å²) in [6.07, 6.45) is -3.20. The van der Waals surface area contributed by atoms with E-state index in [0.717, 1.165) is 24.3 Å². The molecule has 0 radical (unpaired) electrons. The van der Waals surface area contributed by atoms with Crippen LogP contribution in [0.5, 0.6) is 0 Å². The van der Waals surface area contributed by atoms with E-state index in [-0.39, 0.29) is 22.8 Å². The van der Waals surface area contributed by atoms with Gasteiger partial charge in [-0.05, 0) is 43.3 Å². The summed E-state index contributed by atoms with van der Waals surface area (Å²) in [6.45, 7) is 1.67. The largest absolute Gasteiger partial charge is 0.416 e. The Kier molecular flexibility index (Phi) is 5.12. The minimum Gasteiger partial charge on any atom is -0.360 e. The van der Waals surface area contributed by atoms with Gasteiger partial charge in [0.05, 0.1) is 5.56 Å². The maximum absolute atomic E-state index is 12.6. The Morgan fingerprint density at radius 2 is 1.71 bits per heavy atom. The van der Waals surface area contributed by atoms with Gasteiger partial charge in [0.15, 0.2) is 5.82 Å². The molecule has 2 heterocycles. The third-order valence-corrected chi connectivity index (χ3v) is 3.59. The van der Waals surface area contributed by atoms with Crippen LogP contribution in [-0.2, 0) is 6.18 Å². The zero-order chi connectivity index (χ0) is 20.3. The van der Waals surface area contributed by atoms with Crippen LogP contribution in [0.15, 0.2) is 53.2 Å². The number of hydrogen-bond donors (Lipinski definition) is 2. The van der Waals surface area contributed by atoms with E-state index in [9.17, 15) is 22.8 Å². The minimum atomic E-state index is -4.46. The minimum absolute atomic E-state index is 0.0797. The van der Waals surface area contributed by atoms with Crippen LogP contribution in [0, 0.1) is 6.92 Å². The highest BCUT2D eigenvalue weighted by molar-refractivity contribution is 6.07. The second-order valence-electron chi connectivity index (χ2n) is 5.74. The molecule has 1 aromatic carbocycles. The molecule has 2 aromatic heterocycles. The number of halogens is 3. The van der Waals surface area contributed by atoms with E-state index in [1.165, 1.54) is 24.4 Å². The highest BCUT2D eigenvalue weighted by Crippen LogP contribution is 2.29. The molecule has 0 fully saturated rings. The molecule has 144 valence electrons. The molecule has 2 amide bonds. The number of amides is 2. The van der Waals surface area contributed by atoms with Crippen molar-refractivity contribution in [1.82, 2.24) is 10.1 Å². The van der Waals surface area contributed by atoms with Gasteiger partial charge in [-0.1, -0.05) is 5.16 Å². The quantitative estimate of drug-likeness (QED) is 0.704. The van der Waals surface area contributed by atoms with Crippen LogP contribution < -0.4 is 10.6 Å². The summed E-state index contributed by atoms with van der Waals surface area (Å²) in [5.74, 6) is -0.470. The standard InChI is InChI=1S/C18H13F3N4O3/c1-10-8-15(25-28-10)24-16(26)11-6-7-22-14(9-11)17(27)23-13-4-2-12(3-5-13)18(19,20)21/h2-9H,1H3,(H,23,27)(H,24,25,26). The van der Waals surface area contributed by atoms with Crippen LogP contribution in [0.1, 0.15) is 32.2 Å². The monoisotopic (exact) mass is 390 g/mol. The first-order valence-electron chi connectivity index (χ1n) is 7.92. The van der Waals surface area contributed by atoms with Crippen LogP contribution in [0.2, 0.25) is 0 Å². The first-order valence-corrected chi connectivity index (χ1v) is 7.92. The van der Waals surface area contributed by atoms with Crippen molar-refractivity contribution >= 4 is 23.3 Å². The number of hydrogen-bond acceptors (Lipinski definition) is 5. The number of nitrogens with one attached hydrogen (secondary N) is 2. The highest BCUT2D eigenvalue weighted by Gasteiger charge is 2.30. The molecule has 0 saturated heterocycles. The van der Waals surface area contributed by atoms with Gasteiger partial charge in [0.2, 0.25) is 0 Å².